The summed E-state index contributed by atoms with van der Waals surface area (Å²) in [5.74, 6) is 1.11. The molecule has 0 radical (unpaired) electrons. The molecule has 0 amide bonds. The lowest BCUT2D eigenvalue weighted by molar-refractivity contribution is -0.115. The summed E-state index contributed by atoms with van der Waals surface area (Å²) in [6.07, 6.45) is 7.42. The monoisotopic (exact) mass is 516 g/mol. The van der Waals surface area contributed by atoms with E-state index in [0.29, 0.717) is 47.2 Å². The van der Waals surface area contributed by atoms with Gasteiger partial charge in [0, 0.05) is 49.7 Å². The van der Waals surface area contributed by atoms with Crippen LogP contribution in [0.5, 0.6) is 0 Å². The zero-order valence-corrected chi connectivity index (χ0v) is 21.5. The molecule has 3 aromatic rings. The van der Waals surface area contributed by atoms with Crippen molar-refractivity contribution in [1.29, 1.82) is 0 Å². The SMILES string of the molecule is CC1CCC(N)=NC2=NCCC(=O)/C2=C/1N1CCCC1c1cn2ccc(Cl)c2c(=O)n1-c1ccccc1. The fraction of sp³-hybridized carbons (Fsp3) is 0.357. The predicted octanol–water partition coefficient (Wildman–Crippen LogP) is 4.29. The minimum absolute atomic E-state index is 0.0593. The van der Waals surface area contributed by atoms with E-state index < -0.39 is 0 Å². The third-order valence-corrected chi connectivity index (χ3v) is 7.93. The zero-order valence-electron chi connectivity index (χ0n) is 20.7. The second-order valence-electron chi connectivity index (χ2n) is 9.98. The van der Waals surface area contributed by atoms with Gasteiger partial charge in [0.15, 0.2) is 11.6 Å². The number of benzene rings is 1. The van der Waals surface area contributed by atoms with Crippen LogP contribution in [0, 0.1) is 5.92 Å². The van der Waals surface area contributed by atoms with Gasteiger partial charge in [-0.3, -0.25) is 19.1 Å². The number of hydrogen-bond donors (Lipinski definition) is 1. The summed E-state index contributed by atoms with van der Waals surface area (Å²) in [6.45, 7) is 3.36. The fourth-order valence-electron chi connectivity index (χ4n) is 5.91. The molecule has 2 atom stereocenters. The van der Waals surface area contributed by atoms with Crippen LogP contribution in [0.1, 0.15) is 50.8 Å². The summed E-state index contributed by atoms with van der Waals surface area (Å²) in [5.41, 5.74) is 9.65. The minimum atomic E-state index is -0.165. The molecular weight excluding hydrogens is 488 g/mol. The molecule has 0 spiro atoms. The van der Waals surface area contributed by atoms with Gasteiger partial charge in [-0.15, -0.1) is 0 Å². The molecule has 37 heavy (non-hydrogen) atoms. The number of para-hydroxylation sites is 1. The predicted molar refractivity (Wildman–Crippen MR) is 146 cm³/mol. The molecule has 2 aromatic heterocycles. The van der Waals surface area contributed by atoms with E-state index in [2.05, 4.69) is 21.8 Å². The van der Waals surface area contributed by atoms with Gasteiger partial charge < -0.3 is 15.0 Å². The Balaban J connectivity index is 1.58. The molecule has 3 aliphatic rings. The van der Waals surface area contributed by atoms with Gasteiger partial charge in [0.2, 0.25) is 0 Å². The highest BCUT2D eigenvalue weighted by molar-refractivity contribution is 6.33. The van der Waals surface area contributed by atoms with Crippen LogP contribution in [0.2, 0.25) is 5.02 Å². The number of halogens is 1. The molecule has 0 bridgehead atoms. The smallest absolute Gasteiger partial charge is 0.281 e. The average molecular weight is 517 g/mol. The Morgan fingerprint density at radius 2 is 1.89 bits per heavy atom. The van der Waals surface area contributed by atoms with Crippen LogP contribution < -0.4 is 11.3 Å². The molecule has 8 nitrogen and oxygen atoms in total. The molecule has 1 fully saturated rings. The fourth-order valence-corrected chi connectivity index (χ4v) is 6.15. The van der Waals surface area contributed by atoms with Crippen LogP contribution >= 0.6 is 11.6 Å². The van der Waals surface area contributed by atoms with Crippen molar-refractivity contribution in [2.75, 3.05) is 13.1 Å². The topological polar surface area (TPSA) is 97.5 Å². The van der Waals surface area contributed by atoms with Crippen LogP contribution in [0.25, 0.3) is 11.2 Å². The normalized spacial score (nSPS) is 24.5. The summed E-state index contributed by atoms with van der Waals surface area (Å²) < 4.78 is 3.59. The molecule has 2 N–H and O–H groups in total. The van der Waals surface area contributed by atoms with Gasteiger partial charge in [-0.2, -0.15) is 0 Å². The summed E-state index contributed by atoms with van der Waals surface area (Å²) in [7, 11) is 0. The quantitative estimate of drug-likeness (QED) is 0.561. The minimum Gasteiger partial charge on any atom is -0.387 e. The highest BCUT2D eigenvalue weighted by Gasteiger charge is 2.38. The van der Waals surface area contributed by atoms with Gasteiger partial charge in [0.1, 0.15) is 11.4 Å². The Bertz CT molecular complexity index is 1550. The number of amidine groups is 2. The summed E-state index contributed by atoms with van der Waals surface area (Å²) in [4.78, 5) is 38.7. The zero-order chi connectivity index (χ0) is 25.7. The summed E-state index contributed by atoms with van der Waals surface area (Å²) >= 11 is 6.43. The number of nitrogens with zero attached hydrogens (tertiary/aromatic N) is 5. The number of hydrogen-bond acceptors (Lipinski definition) is 6. The van der Waals surface area contributed by atoms with Crippen molar-refractivity contribution < 1.29 is 4.79 Å². The average Bonchev–Trinajstić information content (AvgIpc) is 3.51. The molecule has 9 heteroatoms. The standard InChI is InChI=1S/C28H29ClN6O2/c1-17-9-10-23(30)32-27-24(22(36)11-13-31-27)25(17)34-14-5-8-20(34)21-16-33-15-12-19(29)26(33)28(37)35(21)18-6-3-2-4-7-18/h2-4,6-7,12,15-17,20H,5,8-11,13-14H2,1H3,(H2,30,31,32)/b25-24+. The van der Waals surface area contributed by atoms with E-state index >= 15 is 0 Å². The van der Waals surface area contributed by atoms with Gasteiger partial charge >= 0.3 is 0 Å². The number of likely N-dealkylation sites (tertiary alicyclic amines) is 1. The lowest BCUT2D eigenvalue weighted by atomic mass is 9.89. The van der Waals surface area contributed by atoms with Gasteiger partial charge in [-0.1, -0.05) is 36.7 Å². The second kappa shape index (κ2) is 9.34. The highest BCUT2D eigenvalue weighted by atomic mass is 35.5. The number of allylic oxidation sites excluding steroid dienone is 1. The molecular formula is C28H29ClN6O2. The van der Waals surface area contributed by atoms with E-state index in [0.717, 1.165) is 42.9 Å². The number of ketones is 1. The second-order valence-corrected chi connectivity index (χ2v) is 10.4. The van der Waals surface area contributed by atoms with Crippen LogP contribution in [0.3, 0.4) is 0 Å². The Morgan fingerprint density at radius 3 is 2.70 bits per heavy atom. The number of aliphatic imine (C=N–C) groups is 2. The van der Waals surface area contributed by atoms with Crippen molar-refractivity contribution in [2.45, 2.75) is 45.1 Å². The van der Waals surface area contributed by atoms with E-state index in [1.165, 1.54) is 0 Å². The Kier molecular flexibility index (Phi) is 5.99. The van der Waals surface area contributed by atoms with Crippen LogP contribution in [-0.4, -0.2) is 44.4 Å². The maximum atomic E-state index is 13.9. The number of carbonyl (C=O) groups is 1. The molecule has 190 valence electrons. The Morgan fingerprint density at radius 1 is 1.08 bits per heavy atom. The largest absolute Gasteiger partial charge is 0.387 e. The molecule has 0 saturated carbocycles. The Labute approximate surface area is 219 Å². The number of nitrogens with two attached hydrogens (primary N) is 1. The molecule has 3 aliphatic heterocycles. The third-order valence-electron chi connectivity index (χ3n) is 7.63. The van der Waals surface area contributed by atoms with Crippen LogP contribution in [0.15, 0.2) is 74.8 Å². The van der Waals surface area contributed by atoms with E-state index in [4.69, 9.17) is 17.3 Å². The number of fused-ring (bicyclic) bond motifs is 2. The molecule has 2 unspecified atom stereocenters. The molecule has 1 saturated heterocycles. The Hall–Kier alpha value is -3.65. The maximum absolute atomic E-state index is 13.9. The maximum Gasteiger partial charge on any atom is 0.281 e. The van der Waals surface area contributed by atoms with Crippen molar-refractivity contribution in [3.05, 3.63) is 81.1 Å². The van der Waals surface area contributed by atoms with E-state index in [1.54, 1.807) is 10.6 Å². The number of aromatic nitrogens is 2. The van der Waals surface area contributed by atoms with Gasteiger partial charge in [-0.25, -0.2) is 4.99 Å². The molecule has 6 rings (SSSR count). The summed E-state index contributed by atoms with van der Waals surface area (Å²) in [5, 5.41) is 0.423. The number of rotatable bonds is 3. The lowest BCUT2D eigenvalue weighted by Crippen LogP contribution is -2.36. The third kappa shape index (κ3) is 4.00. The van der Waals surface area contributed by atoms with E-state index in [9.17, 15) is 9.59 Å². The molecule has 0 aliphatic carbocycles. The first-order valence-electron chi connectivity index (χ1n) is 12.8. The van der Waals surface area contributed by atoms with Gasteiger partial charge in [0.05, 0.1) is 22.3 Å². The molecule has 5 heterocycles. The van der Waals surface area contributed by atoms with Crippen molar-refractivity contribution >= 4 is 34.6 Å². The number of carbonyl (C=O) groups excluding carboxylic acids is 1. The van der Waals surface area contributed by atoms with Crippen molar-refractivity contribution in [2.24, 2.45) is 21.6 Å². The van der Waals surface area contributed by atoms with Crippen molar-refractivity contribution in [3.8, 4) is 5.69 Å². The van der Waals surface area contributed by atoms with Crippen LogP contribution in [0.4, 0.5) is 0 Å². The van der Waals surface area contributed by atoms with Crippen molar-refractivity contribution in [3.63, 3.8) is 0 Å². The van der Waals surface area contributed by atoms with Gasteiger partial charge in [0.25, 0.3) is 5.56 Å². The first-order valence-corrected chi connectivity index (χ1v) is 13.2. The number of Topliss-reactive ketones (excluding diaryl/α,β-unsaturated/α-hetero) is 1. The first kappa shape index (κ1) is 23.7. The van der Waals surface area contributed by atoms with Crippen LogP contribution in [-0.2, 0) is 4.79 Å². The highest BCUT2D eigenvalue weighted by Crippen LogP contribution is 2.41. The van der Waals surface area contributed by atoms with Gasteiger partial charge in [-0.05, 0) is 43.4 Å². The van der Waals surface area contributed by atoms with E-state index in [1.807, 2.05) is 47.1 Å². The van der Waals surface area contributed by atoms with E-state index in [-0.39, 0.29) is 23.3 Å². The first-order chi connectivity index (χ1) is 17.9. The van der Waals surface area contributed by atoms with Crippen molar-refractivity contribution in [1.82, 2.24) is 13.9 Å². The lowest BCUT2D eigenvalue weighted by Gasteiger charge is -2.36. The summed E-state index contributed by atoms with van der Waals surface area (Å²) in [6, 6.07) is 11.3. The molecule has 1 aromatic carbocycles.